The van der Waals surface area contributed by atoms with E-state index in [0.717, 1.165) is 23.7 Å². The van der Waals surface area contributed by atoms with Crippen LogP contribution in [0.1, 0.15) is 49.4 Å². The van der Waals surface area contributed by atoms with Crippen molar-refractivity contribution >= 4 is 39.1 Å². The number of benzene rings is 3. The smallest absolute Gasteiger partial charge is 0.300 e. The number of aliphatic hydroxyl groups is 1. The fourth-order valence-corrected chi connectivity index (χ4v) is 4.56. The van der Waals surface area contributed by atoms with E-state index in [1.54, 1.807) is 24.3 Å². The molecule has 1 unspecified atom stereocenters. The zero-order valence-corrected chi connectivity index (χ0v) is 21.4. The van der Waals surface area contributed by atoms with Crippen LogP contribution in [0.3, 0.4) is 0 Å². The molecule has 3 aromatic carbocycles. The third kappa shape index (κ3) is 5.17. The lowest BCUT2D eigenvalue weighted by molar-refractivity contribution is -0.132. The van der Waals surface area contributed by atoms with Crippen LogP contribution in [0.2, 0.25) is 0 Å². The molecule has 0 saturated carbocycles. The first-order chi connectivity index (χ1) is 16.9. The standard InChI is InChI=1S/C29H28BrNO4/c1-3-5-6-19-7-15-23(16-8-19)31-26(20-11-17-24(18-12-20)35-4-2)25(28(33)29(31)34)27(32)21-9-13-22(30)14-10-21/h7-18,26,32H,3-6H2,1-2H3/b27-25+. The highest BCUT2D eigenvalue weighted by Gasteiger charge is 2.46. The number of halogens is 1. The number of carbonyl (C=O) groups excluding carboxylic acids is 2. The summed E-state index contributed by atoms with van der Waals surface area (Å²) >= 11 is 3.39. The first kappa shape index (κ1) is 24.7. The van der Waals surface area contributed by atoms with Crippen molar-refractivity contribution < 1.29 is 19.4 Å². The molecule has 1 aliphatic heterocycles. The quantitative estimate of drug-likeness (QED) is 0.196. The summed E-state index contributed by atoms with van der Waals surface area (Å²) in [7, 11) is 0. The summed E-state index contributed by atoms with van der Waals surface area (Å²) in [6, 6.07) is 21.2. The van der Waals surface area contributed by atoms with Gasteiger partial charge in [0.05, 0.1) is 18.2 Å². The van der Waals surface area contributed by atoms with Gasteiger partial charge < -0.3 is 9.84 Å². The Hall–Kier alpha value is -3.38. The number of rotatable bonds is 8. The topological polar surface area (TPSA) is 66.8 Å². The maximum Gasteiger partial charge on any atom is 0.300 e. The van der Waals surface area contributed by atoms with E-state index in [1.165, 1.54) is 10.5 Å². The number of Topliss-reactive ketones (excluding diaryl/α,β-unsaturated/α-hetero) is 1. The number of nitrogens with zero attached hydrogens (tertiary/aromatic N) is 1. The van der Waals surface area contributed by atoms with Crippen molar-refractivity contribution in [3.63, 3.8) is 0 Å². The minimum absolute atomic E-state index is 0.0662. The molecule has 0 aromatic heterocycles. The predicted molar refractivity (Wildman–Crippen MR) is 142 cm³/mol. The Kier molecular flexibility index (Phi) is 7.71. The van der Waals surface area contributed by atoms with Gasteiger partial charge in [-0.3, -0.25) is 14.5 Å². The molecule has 1 N–H and O–H groups in total. The van der Waals surface area contributed by atoms with Gasteiger partial charge in [0, 0.05) is 15.7 Å². The Balaban J connectivity index is 1.83. The van der Waals surface area contributed by atoms with E-state index in [2.05, 4.69) is 22.9 Å². The molecule has 0 bridgehead atoms. The van der Waals surface area contributed by atoms with E-state index in [1.807, 2.05) is 55.5 Å². The minimum atomic E-state index is -0.768. The van der Waals surface area contributed by atoms with Crippen LogP contribution in [0.15, 0.2) is 82.8 Å². The van der Waals surface area contributed by atoms with Crippen molar-refractivity contribution in [2.75, 3.05) is 11.5 Å². The number of ketones is 1. The van der Waals surface area contributed by atoms with Crippen LogP contribution >= 0.6 is 15.9 Å². The molecule has 0 radical (unpaired) electrons. The fraction of sp³-hybridized carbons (Fsp3) is 0.241. The van der Waals surface area contributed by atoms with Crippen LogP contribution in [-0.4, -0.2) is 23.4 Å². The Morgan fingerprint density at radius 2 is 1.60 bits per heavy atom. The van der Waals surface area contributed by atoms with Gasteiger partial charge in [-0.2, -0.15) is 0 Å². The van der Waals surface area contributed by atoms with Gasteiger partial charge in [0.2, 0.25) is 0 Å². The number of aliphatic hydroxyl groups excluding tert-OH is 1. The van der Waals surface area contributed by atoms with Gasteiger partial charge in [-0.25, -0.2) is 0 Å². The Bertz CT molecular complexity index is 1230. The van der Waals surface area contributed by atoms with E-state index in [0.29, 0.717) is 29.2 Å². The lowest BCUT2D eigenvalue weighted by Gasteiger charge is -2.26. The lowest BCUT2D eigenvalue weighted by atomic mass is 9.95. The third-order valence-corrected chi connectivity index (χ3v) is 6.63. The molecule has 1 saturated heterocycles. The number of unbranched alkanes of at least 4 members (excludes halogenated alkanes) is 1. The molecule has 0 aliphatic carbocycles. The highest BCUT2D eigenvalue weighted by Crippen LogP contribution is 2.42. The predicted octanol–water partition coefficient (Wildman–Crippen LogP) is 6.82. The second-order valence-corrected chi connectivity index (χ2v) is 9.36. The van der Waals surface area contributed by atoms with Crippen molar-refractivity contribution in [2.24, 2.45) is 0 Å². The van der Waals surface area contributed by atoms with Gasteiger partial charge in [0.25, 0.3) is 11.7 Å². The van der Waals surface area contributed by atoms with Gasteiger partial charge in [-0.05, 0) is 67.3 Å². The SMILES string of the molecule is CCCCc1ccc(N2C(=O)C(=O)/C(=C(/O)c3ccc(Br)cc3)C2c2ccc(OCC)cc2)cc1. The summed E-state index contributed by atoms with van der Waals surface area (Å²) in [5, 5.41) is 11.2. The average Bonchev–Trinajstić information content (AvgIpc) is 3.14. The number of ether oxygens (including phenoxy) is 1. The fourth-order valence-electron chi connectivity index (χ4n) is 4.29. The maximum atomic E-state index is 13.3. The first-order valence-corrected chi connectivity index (χ1v) is 12.6. The van der Waals surface area contributed by atoms with Crippen LogP contribution in [-0.2, 0) is 16.0 Å². The molecule has 1 aliphatic rings. The van der Waals surface area contributed by atoms with Crippen molar-refractivity contribution in [3.05, 3.63) is 99.5 Å². The highest BCUT2D eigenvalue weighted by atomic mass is 79.9. The highest BCUT2D eigenvalue weighted by molar-refractivity contribution is 9.10. The largest absolute Gasteiger partial charge is 0.507 e. The summed E-state index contributed by atoms with van der Waals surface area (Å²) in [6.07, 6.45) is 3.15. The van der Waals surface area contributed by atoms with Gasteiger partial charge >= 0.3 is 0 Å². The van der Waals surface area contributed by atoms with E-state index in [4.69, 9.17) is 4.74 Å². The number of hydrogen-bond donors (Lipinski definition) is 1. The van der Waals surface area contributed by atoms with Gasteiger partial charge in [-0.1, -0.05) is 65.7 Å². The van der Waals surface area contributed by atoms with E-state index >= 15 is 0 Å². The molecular formula is C29H28BrNO4. The number of amides is 1. The molecule has 1 heterocycles. The molecule has 6 heteroatoms. The number of hydrogen-bond acceptors (Lipinski definition) is 4. The number of anilines is 1. The summed E-state index contributed by atoms with van der Waals surface area (Å²) in [4.78, 5) is 28.1. The molecule has 35 heavy (non-hydrogen) atoms. The van der Waals surface area contributed by atoms with Gasteiger partial charge in [-0.15, -0.1) is 0 Å². The monoisotopic (exact) mass is 533 g/mol. The molecule has 1 fully saturated rings. The van der Waals surface area contributed by atoms with Crippen LogP contribution in [0.5, 0.6) is 5.75 Å². The van der Waals surface area contributed by atoms with E-state index in [9.17, 15) is 14.7 Å². The molecule has 4 rings (SSSR count). The maximum absolute atomic E-state index is 13.3. The molecule has 3 aromatic rings. The van der Waals surface area contributed by atoms with Crippen molar-refractivity contribution in [3.8, 4) is 5.75 Å². The second-order valence-electron chi connectivity index (χ2n) is 8.45. The Morgan fingerprint density at radius 1 is 0.943 bits per heavy atom. The lowest BCUT2D eigenvalue weighted by Crippen LogP contribution is -2.29. The van der Waals surface area contributed by atoms with Crippen molar-refractivity contribution in [2.45, 2.75) is 39.2 Å². The second kappa shape index (κ2) is 10.9. The van der Waals surface area contributed by atoms with Gasteiger partial charge in [0.15, 0.2) is 0 Å². The van der Waals surface area contributed by atoms with E-state index < -0.39 is 17.7 Å². The van der Waals surface area contributed by atoms with Crippen LogP contribution < -0.4 is 9.64 Å². The zero-order chi connectivity index (χ0) is 24.9. The van der Waals surface area contributed by atoms with Crippen LogP contribution in [0, 0.1) is 0 Å². The minimum Gasteiger partial charge on any atom is -0.507 e. The number of aryl methyl sites for hydroxylation is 1. The Morgan fingerprint density at radius 3 is 2.20 bits per heavy atom. The number of carbonyl (C=O) groups is 2. The summed E-state index contributed by atoms with van der Waals surface area (Å²) in [5.41, 5.74) is 3.04. The molecular weight excluding hydrogens is 506 g/mol. The summed E-state index contributed by atoms with van der Waals surface area (Å²) < 4.78 is 6.41. The normalized spacial score (nSPS) is 17.1. The van der Waals surface area contributed by atoms with Crippen molar-refractivity contribution in [1.29, 1.82) is 0 Å². The summed E-state index contributed by atoms with van der Waals surface area (Å²) in [5.74, 6) is -0.874. The Labute approximate surface area is 214 Å². The molecule has 1 atom stereocenters. The molecule has 1 amide bonds. The molecule has 0 spiro atoms. The van der Waals surface area contributed by atoms with Crippen LogP contribution in [0.25, 0.3) is 5.76 Å². The third-order valence-electron chi connectivity index (χ3n) is 6.10. The zero-order valence-electron chi connectivity index (χ0n) is 19.8. The van der Waals surface area contributed by atoms with Crippen molar-refractivity contribution in [1.82, 2.24) is 0 Å². The molecule has 5 nitrogen and oxygen atoms in total. The molecule has 180 valence electrons. The summed E-state index contributed by atoms with van der Waals surface area (Å²) in [6.45, 7) is 4.59. The van der Waals surface area contributed by atoms with Gasteiger partial charge in [0.1, 0.15) is 11.5 Å². The first-order valence-electron chi connectivity index (χ1n) is 11.8. The van der Waals surface area contributed by atoms with Crippen LogP contribution in [0.4, 0.5) is 5.69 Å². The average molecular weight is 534 g/mol. The van der Waals surface area contributed by atoms with E-state index in [-0.39, 0.29) is 11.3 Å².